The fraction of sp³-hybridized carbons (Fsp3) is 0. The van der Waals surface area contributed by atoms with Gasteiger partial charge in [0, 0.05) is 0 Å². The largest absolute Gasteiger partial charge is 0.443 e. The molecule has 1 aromatic rings. The molecule has 1 aromatic carbocycles. The average molecular weight is 527 g/mol. The lowest BCUT2D eigenvalue weighted by atomic mass is 10.3. The zero-order valence-corrected chi connectivity index (χ0v) is 20.7. The molecule has 0 aromatic heterocycles. The molecule has 0 bridgehead atoms. The molecule has 3 atom stereocenters. The molecule has 0 radical (unpaired) electrons. The topological polar surface area (TPSA) is 64.8 Å². The van der Waals surface area contributed by atoms with Crippen molar-refractivity contribution in [2.24, 2.45) is 13.5 Å². The van der Waals surface area contributed by atoms with E-state index in [1.54, 1.807) is 18.2 Å². The third-order valence-electron chi connectivity index (χ3n) is 3.43. The van der Waals surface area contributed by atoms with E-state index in [0.717, 1.165) is 0 Å². The molecule has 0 amide bonds. The number of allylic oxidation sites excluding steroid dienone is 10. The van der Waals surface area contributed by atoms with Crippen molar-refractivity contribution in [3.8, 4) is 5.75 Å². The molecule has 1 aliphatic heterocycles. The Bertz CT molecular complexity index is 1190. The summed E-state index contributed by atoms with van der Waals surface area (Å²) in [6.07, 6.45) is 13.4. The molecule has 6 nitrogen and oxygen atoms in total. The third kappa shape index (κ3) is 8.42. The van der Waals surface area contributed by atoms with E-state index in [-0.39, 0.29) is 17.3 Å². The third-order valence-corrected chi connectivity index (χ3v) is 10.1. The average Bonchev–Trinajstić information content (AvgIpc) is 2.75. The van der Waals surface area contributed by atoms with E-state index in [4.69, 9.17) is 13.6 Å². The van der Waals surface area contributed by atoms with E-state index in [2.05, 4.69) is 39.9 Å². The minimum absolute atomic E-state index is 0.0346. The van der Waals surface area contributed by atoms with Crippen molar-refractivity contribution in [1.82, 2.24) is 0 Å². The summed E-state index contributed by atoms with van der Waals surface area (Å²) in [6.45, 7) is 14.0. The van der Waals surface area contributed by atoms with Crippen molar-refractivity contribution in [2.45, 2.75) is 0 Å². The molecule has 0 saturated heterocycles. The zero-order chi connectivity index (χ0) is 25.1. The van der Waals surface area contributed by atoms with Gasteiger partial charge in [0.15, 0.2) is 0 Å². The monoisotopic (exact) mass is 527 g/mol. The Balaban J connectivity index is 2.68. The van der Waals surface area contributed by atoms with E-state index in [0.29, 0.717) is 0 Å². The molecular weight excluding hydrogens is 504 g/mol. The number of hydrogen-bond acceptors (Lipinski definition) is 6. The van der Waals surface area contributed by atoms with Gasteiger partial charge in [0.2, 0.25) is 0 Å². The van der Waals surface area contributed by atoms with Crippen LogP contribution in [0.1, 0.15) is 0 Å². The maximum absolute atomic E-state index is 15.9. The second kappa shape index (κ2) is 12.5. The predicted molar refractivity (Wildman–Crippen MR) is 136 cm³/mol. The van der Waals surface area contributed by atoms with Crippen LogP contribution in [0.2, 0.25) is 0 Å². The van der Waals surface area contributed by atoms with Gasteiger partial charge in [-0.1, -0.05) is 81.0 Å². The van der Waals surface area contributed by atoms with Gasteiger partial charge in [0.05, 0.1) is 0 Å². The van der Waals surface area contributed by atoms with Crippen LogP contribution in [0, 0.1) is 0 Å². The minimum atomic E-state index is -5.01. The van der Waals surface area contributed by atoms with Crippen molar-refractivity contribution in [2.75, 3.05) is 0 Å². The Morgan fingerprint density at radius 1 is 0.676 bits per heavy atom. The van der Waals surface area contributed by atoms with Gasteiger partial charge >= 0.3 is 23.2 Å². The van der Waals surface area contributed by atoms with E-state index >= 15 is 12.6 Å². The number of halogens is 3. The highest BCUT2D eigenvalue weighted by molar-refractivity contribution is 7.78. The van der Waals surface area contributed by atoms with Crippen molar-refractivity contribution in [3.05, 3.63) is 129 Å². The maximum Gasteiger partial charge on any atom is 0.443 e. The molecule has 12 heteroatoms. The Kier molecular flexibility index (Phi) is 10.0. The minimum Gasteiger partial charge on any atom is -0.419 e. The van der Waals surface area contributed by atoms with Crippen molar-refractivity contribution in [3.63, 3.8) is 0 Å². The summed E-state index contributed by atoms with van der Waals surface area (Å²) in [4.78, 5) is 0. The fourth-order valence-corrected chi connectivity index (χ4v) is 8.95. The molecule has 0 aliphatic carbocycles. The van der Waals surface area contributed by atoms with Crippen LogP contribution in [0.4, 0.5) is 12.6 Å². The first kappa shape index (κ1) is 27.3. The molecule has 0 fully saturated rings. The van der Waals surface area contributed by atoms with E-state index < -0.39 is 23.2 Å². The van der Waals surface area contributed by atoms with E-state index in [1.165, 1.54) is 72.9 Å². The second-order valence-electron chi connectivity index (χ2n) is 6.07. The number of rotatable bonds is 12. The summed E-state index contributed by atoms with van der Waals surface area (Å²) in [5.41, 5.74) is 0. The summed E-state index contributed by atoms with van der Waals surface area (Å²) < 4.78 is 73.3. The van der Waals surface area contributed by atoms with Crippen LogP contribution >= 0.6 is 23.2 Å². The van der Waals surface area contributed by atoms with Gasteiger partial charge in [0.1, 0.15) is 17.3 Å². The van der Waals surface area contributed by atoms with Gasteiger partial charge < -0.3 is 13.6 Å². The number of hydrogen-bond donors (Lipinski definition) is 0. The Hall–Kier alpha value is -2.98. The molecule has 0 N–H and O–H groups in total. The predicted octanol–water partition coefficient (Wildman–Crippen LogP) is 10.5. The second-order valence-corrected chi connectivity index (χ2v) is 11.6. The summed E-state index contributed by atoms with van der Waals surface area (Å²) in [7, 11) is -15.0. The van der Waals surface area contributed by atoms with Crippen LogP contribution in [-0.2, 0) is 9.05 Å². The van der Waals surface area contributed by atoms with Crippen LogP contribution in [0.15, 0.2) is 142 Å². The maximum atomic E-state index is 15.9. The van der Waals surface area contributed by atoms with E-state index in [9.17, 15) is 0 Å². The van der Waals surface area contributed by atoms with Crippen LogP contribution in [-0.4, -0.2) is 0 Å². The number of nitrogens with zero attached hydrogens (tertiary/aromatic N) is 3. The van der Waals surface area contributed by atoms with Gasteiger partial charge in [-0.3, -0.25) is 0 Å². The number of benzene rings is 1. The van der Waals surface area contributed by atoms with Crippen LogP contribution < -0.4 is 4.52 Å². The highest BCUT2D eigenvalue weighted by Crippen LogP contribution is 2.81. The normalized spacial score (nSPS) is 27.1. The Morgan fingerprint density at radius 3 is 1.56 bits per heavy atom. The molecule has 180 valence electrons. The van der Waals surface area contributed by atoms with Gasteiger partial charge in [-0.25, -0.2) is 0 Å². The first-order valence-corrected chi connectivity index (χ1v) is 14.1. The van der Waals surface area contributed by atoms with Crippen molar-refractivity contribution < 1.29 is 26.2 Å². The smallest absolute Gasteiger partial charge is 0.419 e. The highest BCUT2D eigenvalue weighted by atomic mass is 31.3. The standard InChI is InChI=1S/C22H23F3N3O3P3/c1-5-9-16-20(14-7-3)29-32(23)26-33(24,30-21(15-8-4)17-10-6-2)28-34(25,27-32)31-22-18-12-11-13-19-22/h5-19H,1-4H2/b16-9-,17-10-,20-14+,21-15+. The van der Waals surface area contributed by atoms with E-state index in [1.807, 2.05) is 0 Å². The fourth-order valence-electron chi connectivity index (χ4n) is 2.25. The molecular formula is C22H23F3N3O3P3. The highest BCUT2D eigenvalue weighted by Gasteiger charge is 2.44. The molecule has 0 saturated carbocycles. The van der Waals surface area contributed by atoms with Gasteiger partial charge in [-0.05, 0) is 36.4 Å². The molecule has 34 heavy (non-hydrogen) atoms. The SMILES string of the molecule is C=C/C=C\C(=C/C=C)OP1(F)=NP(F)(OC(/C=C\C=C)=C/C=C)=NP(F)(Oc2ccccc2)=N1. The van der Waals surface area contributed by atoms with Crippen LogP contribution in [0.25, 0.3) is 0 Å². The summed E-state index contributed by atoms with van der Waals surface area (Å²) in [5.74, 6) is -0.328. The lowest BCUT2D eigenvalue weighted by Crippen LogP contribution is -1.94. The first-order chi connectivity index (χ1) is 16.2. The first-order valence-electron chi connectivity index (χ1n) is 9.57. The number of para-hydroxylation sites is 1. The van der Waals surface area contributed by atoms with Gasteiger partial charge in [0.25, 0.3) is 0 Å². The van der Waals surface area contributed by atoms with Crippen LogP contribution in [0.5, 0.6) is 5.75 Å². The molecule has 2 rings (SSSR count). The Labute approximate surface area is 197 Å². The molecule has 1 aliphatic rings. The van der Waals surface area contributed by atoms with Gasteiger partial charge in [-0.2, -0.15) is 0 Å². The lowest BCUT2D eigenvalue weighted by Gasteiger charge is -2.24. The van der Waals surface area contributed by atoms with Crippen molar-refractivity contribution >= 4 is 23.2 Å². The molecule has 1 heterocycles. The zero-order valence-electron chi connectivity index (χ0n) is 18.0. The van der Waals surface area contributed by atoms with Crippen LogP contribution in [0.3, 0.4) is 0 Å². The summed E-state index contributed by atoms with van der Waals surface area (Å²) >= 11 is 0. The van der Waals surface area contributed by atoms with Crippen molar-refractivity contribution in [1.29, 1.82) is 0 Å². The summed E-state index contributed by atoms with van der Waals surface area (Å²) in [6, 6.07) is 7.54. The lowest BCUT2D eigenvalue weighted by molar-refractivity contribution is 0.432. The molecule has 3 unspecified atom stereocenters. The molecule has 0 spiro atoms. The quantitative estimate of drug-likeness (QED) is 0.154. The summed E-state index contributed by atoms with van der Waals surface area (Å²) in [5, 5.41) is 0. The van der Waals surface area contributed by atoms with Gasteiger partial charge in [-0.15, -0.1) is 26.1 Å². The Morgan fingerprint density at radius 2 is 1.12 bits per heavy atom.